The quantitative estimate of drug-likeness (QED) is 0.868. The lowest BCUT2D eigenvalue weighted by molar-refractivity contribution is -0.137. The van der Waals surface area contributed by atoms with Crippen molar-refractivity contribution < 1.29 is 13.2 Å². The van der Waals surface area contributed by atoms with Gasteiger partial charge in [-0.3, -0.25) is 4.79 Å². The maximum absolute atomic E-state index is 12.8. The summed E-state index contributed by atoms with van der Waals surface area (Å²) in [6.45, 7) is 2.18. The Morgan fingerprint density at radius 2 is 1.76 bits per heavy atom. The molecule has 25 heavy (non-hydrogen) atoms. The van der Waals surface area contributed by atoms with Gasteiger partial charge in [-0.15, -0.1) is 0 Å². The summed E-state index contributed by atoms with van der Waals surface area (Å²) in [4.78, 5) is 14.6. The van der Waals surface area contributed by atoms with Crippen LogP contribution in [0.4, 0.5) is 0 Å². The van der Waals surface area contributed by atoms with Crippen molar-refractivity contribution in [3.8, 4) is 0 Å². The molecule has 2 aliphatic heterocycles. The number of hydrogen-bond acceptors (Lipinski definition) is 4. The second kappa shape index (κ2) is 7.85. The molecule has 2 saturated heterocycles. The van der Waals surface area contributed by atoms with Crippen LogP contribution in [0.3, 0.4) is 0 Å². The smallest absolute Gasteiger partial charge is 0.227 e. The van der Waals surface area contributed by atoms with E-state index in [0.29, 0.717) is 26.2 Å². The highest BCUT2D eigenvalue weighted by molar-refractivity contribution is 7.88. The topological polar surface area (TPSA) is 83.7 Å². The number of hydrogen-bond donors (Lipinski definition) is 1. The number of nitrogens with two attached hydrogens (primary N) is 1. The summed E-state index contributed by atoms with van der Waals surface area (Å²) in [6, 6.07) is 9.37. The molecule has 0 spiro atoms. The molecule has 0 saturated carbocycles. The minimum absolute atomic E-state index is 0.00663. The molecule has 0 bridgehead atoms. The Labute approximate surface area is 150 Å². The molecule has 6 nitrogen and oxygen atoms in total. The molecule has 1 atom stereocenters. The molecule has 1 unspecified atom stereocenters. The van der Waals surface area contributed by atoms with E-state index in [9.17, 15) is 13.2 Å². The minimum atomic E-state index is -3.40. The second-order valence-electron chi connectivity index (χ2n) is 7.10. The number of likely N-dealkylation sites (tertiary alicyclic amines) is 1. The van der Waals surface area contributed by atoms with Gasteiger partial charge in [0.25, 0.3) is 0 Å². The Balaban J connectivity index is 1.63. The van der Waals surface area contributed by atoms with Gasteiger partial charge in [0, 0.05) is 32.2 Å². The van der Waals surface area contributed by atoms with Gasteiger partial charge in [-0.25, -0.2) is 12.7 Å². The highest BCUT2D eigenvalue weighted by Crippen LogP contribution is 2.24. The average Bonchev–Trinajstić information content (AvgIpc) is 2.62. The molecule has 0 aromatic heterocycles. The summed E-state index contributed by atoms with van der Waals surface area (Å²) < 4.78 is 27.0. The fourth-order valence-corrected chi connectivity index (χ4v) is 5.26. The Morgan fingerprint density at radius 1 is 1.08 bits per heavy atom. The van der Waals surface area contributed by atoms with E-state index in [2.05, 4.69) is 0 Å². The van der Waals surface area contributed by atoms with Crippen LogP contribution >= 0.6 is 0 Å². The Kier molecular flexibility index (Phi) is 5.76. The van der Waals surface area contributed by atoms with Crippen molar-refractivity contribution in [2.24, 2.45) is 11.7 Å². The van der Waals surface area contributed by atoms with Gasteiger partial charge in [-0.05, 0) is 31.2 Å². The molecule has 0 aliphatic carbocycles. The molecule has 2 heterocycles. The van der Waals surface area contributed by atoms with Gasteiger partial charge in [-0.1, -0.05) is 30.3 Å². The van der Waals surface area contributed by atoms with Crippen LogP contribution in [0.1, 0.15) is 31.2 Å². The fourth-order valence-electron chi connectivity index (χ4n) is 3.65. The number of nitrogens with zero attached hydrogens (tertiary/aromatic N) is 2. The number of carbonyl (C=O) groups excluding carboxylic acids is 1. The molecule has 138 valence electrons. The molecular formula is C18H27N3O3S. The number of piperidine rings is 2. The molecule has 1 amide bonds. The van der Waals surface area contributed by atoms with Crippen LogP contribution in [0.15, 0.2) is 30.3 Å². The van der Waals surface area contributed by atoms with E-state index in [0.717, 1.165) is 31.2 Å². The number of rotatable bonds is 4. The van der Waals surface area contributed by atoms with Crippen LogP contribution in [-0.2, 0) is 20.6 Å². The van der Waals surface area contributed by atoms with E-state index in [-0.39, 0.29) is 23.6 Å². The molecule has 0 radical (unpaired) electrons. The van der Waals surface area contributed by atoms with Gasteiger partial charge in [0.2, 0.25) is 15.9 Å². The Morgan fingerprint density at radius 3 is 2.44 bits per heavy atom. The van der Waals surface area contributed by atoms with E-state index >= 15 is 0 Å². The van der Waals surface area contributed by atoms with Gasteiger partial charge in [0.05, 0.1) is 11.7 Å². The van der Waals surface area contributed by atoms with Gasteiger partial charge in [0.15, 0.2) is 0 Å². The highest BCUT2D eigenvalue weighted by atomic mass is 32.2. The lowest BCUT2D eigenvalue weighted by Crippen LogP contribution is -2.50. The Bertz CT molecular complexity index is 685. The molecule has 2 aliphatic rings. The van der Waals surface area contributed by atoms with E-state index in [1.165, 1.54) is 4.31 Å². The summed E-state index contributed by atoms with van der Waals surface area (Å²) in [6.07, 6.45) is 3.15. The molecule has 7 heteroatoms. The van der Waals surface area contributed by atoms with Gasteiger partial charge >= 0.3 is 0 Å². The second-order valence-corrected chi connectivity index (χ2v) is 9.07. The van der Waals surface area contributed by atoms with Crippen molar-refractivity contribution in [2.45, 2.75) is 37.5 Å². The van der Waals surface area contributed by atoms with Crippen LogP contribution in [0, 0.1) is 5.92 Å². The zero-order valence-corrected chi connectivity index (χ0v) is 15.3. The average molecular weight is 365 g/mol. The number of sulfonamides is 1. The third-order valence-electron chi connectivity index (χ3n) is 5.17. The molecule has 1 aromatic carbocycles. The molecule has 2 fully saturated rings. The van der Waals surface area contributed by atoms with Crippen molar-refractivity contribution in [3.63, 3.8) is 0 Å². The predicted molar refractivity (Wildman–Crippen MR) is 97.2 cm³/mol. The summed E-state index contributed by atoms with van der Waals surface area (Å²) in [7, 11) is -3.40. The van der Waals surface area contributed by atoms with E-state index in [1.54, 1.807) is 0 Å². The van der Waals surface area contributed by atoms with Crippen LogP contribution in [0.5, 0.6) is 0 Å². The summed E-state index contributed by atoms with van der Waals surface area (Å²) >= 11 is 0. The first-order valence-electron chi connectivity index (χ1n) is 9.02. The van der Waals surface area contributed by atoms with Crippen LogP contribution in [0.25, 0.3) is 0 Å². The molecule has 3 rings (SSSR count). The zero-order chi connectivity index (χ0) is 17.9. The van der Waals surface area contributed by atoms with Gasteiger partial charge in [-0.2, -0.15) is 0 Å². The third-order valence-corrected chi connectivity index (χ3v) is 6.99. The fraction of sp³-hybridized carbons (Fsp3) is 0.611. The highest BCUT2D eigenvalue weighted by Gasteiger charge is 2.35. The first-order chi connectivity index (χ1) is 12.0. The summed E-state index contributed by atoms with van der Waals surface area (Å²) in [5.74, 6) is -0.145. The largest absolute Gasteiger partial charge is 0.342 e. The maximum Gasteiger partial charge on any atom is 0.227 e. The van der Waals surface area contributed by atoms with Gasteiger partial charge < -0.3 is 10.6 Å². The molecule has 2 N–H and O–H groups in total. The van der Waals surface area contributed by atoms with Crippen molar-refractivity contribution in [3.05, 3.63) is 35.9 Å². The number of carbonyl (C=O) groups is 1. The normalized spacial score (nSPS) is 23.6. The lowest BCUT2D eigenvalue weighted by Gasteiger charge is -2.36. The minimum Gasteiger partial charge on any atom is -0.342 e. The van der Waals surface area contributed by atoms with E-state index in [4.69, 9.17) is 5.73 Å². The third kappa shape index (κ3) is 4.59. The first-order valence-corrected chi connectivity index (χ1v) is 10.6. The van der Waals surface area contributed by atoms with Crippen LogP contribution in [-0.4, -0.2) is 55.8 Å². The molecular weight excluding hydrogens is 338 g/mol. The van der Waals surface area contributed by atoms with E-state index in [1.807, 2.05) is 35.2 Å². The number of amides is 1. The van der Waals surface area contributed by atoms with Crippen molar-refractivity contribution in [2.75, 3.05) is 26.2 Å². The monoisotopic (exact) mass is 365 g/mol. The standard InChI is InChI=1S/C18H27N3O3S/c19-17-8-11-20(12-9-17)18(22)16-7-4-10-21(13-16)25(23,24)14-15-5-2-1-3-6-15/h1-3,5-6,16-17H,4,7-14,19H2. The summed E-state index contributed by atoms with van der Waals surface area (Å²) in [5.41, 5.74) is 6.68. The number of benzene rings is 1. The SMILES string of the molecule is NC1CCN(C(=O)C2CCCN(S(=O)(=O)Cc3ccccc3)C2)CC1. The van der Waals surface area contributed by atoms with Gasteiger partial charge in [0.1, 0.15) is 0 Å². The van der Waals surface area contributed by atoms with Crippen molar-refractivity contribution in [1.29, 1.82) is 0 Å². The first kappa shape index (κ1) is 18.4. The predicted octanol–water partition coefficient (Wildman–Crippen LogP) is 1.18. The zero-order valence-electron chi connectivity index (χ0n) is 14.5. The van der Waals surface area contributed by atoms with Crippen LogP contribution < -0.4 is 5.73 Å². The Hall–Kier alpha value is -1.44. The van der Waals surface area contributed by atoms with Crippen LogP contribution in [0.2, 0.25) is 0 Å². The molecule has 1 aromatic rings. The van der Waals surface area contributed by atoms with E-state index < -0.39 is 10.0 Å². The lowest BCUT2D eigenvalue weighted by atomic mass is 9.96. The van der Waals surface area contributed by atoms with Crippen molar-refractivity contribution >= 4 is 15.9 Å². The summed E-state index contributed by atoms with van der Waals surface area (Å²) in [5, 5.41) is 0. The maximum atomic E-state index is 12.8. The van der Waals surface area contributed by atoms with Crippen molar-refractivity contribution in [1.82, 2.24) is 9.21 Å².